The summed E-state index contributed by atoms with van der Waals surface area (Å²) in [6.07, 6.45) is 2.05. The third kappa shape index (κ3) is 4.40. The molecular formula is C14H19ClN2O2. The summed E-state index contributed by atoms with van der Waals surface area (Å²) < 4.78 is 0. The lowest BCUT2D eigenvalue weighted by molar-refractivity contribution is 0.0843. The Kier molecular flexibility index (Phi) is 5.05. The minimum Gasteiger partial charge on any atom is -0.391 e. The number of urea groups is 1. The molecule has 0 aromatic heterocycles. The van der Waals surface area contributed by atoms with E-state index in [4.69, 9.17) is 11.6 Å². The van der Waals surface area contributed by atoms with E-state index in [1.54, 1.807) is 4.90 Å². The summed E-state index contributed by atoms with van der Waals surface area (Å²) in [6.45, 7) is 1.75. The molecule has 0 bridgehead atoms. The van der Waals surface area contributed by atoms with Crippen LogP contribution in [0.3, 0.4) is 0 Å². The first-order valence-corrected chi connectivity index (χ1v) is 6.98. The fourth-order valence-corrected chi connectivity index (χ4v) is 2.34. The molecule has 0 radical (unpaired) electrons. The zero-order valence-corrected chi connectivity index (χ0v) is 11.6. The maximum atomic E-state index is 11.9. The van der Waals surface area contributed by atoms with E-state index in [-0.39, 0.29) is 12.1 Å². The second-order valence-electron chi connectivity index (χ2n) is 4.85. The van der Waals surface area contributed by atoms with Gasteiger partial charge in [0.2, 0.25) is 0 Å². The van der Waals surface area contributed by atoms with Crippen molar-refractivity contribution in [1.82, 2.24) is 10.2 Å². The Morgan fingerprint density at radius 2 is 2.16 bits per heavy atom. The average Bonchev–Trinajstić information content (AvgIpc) is 2.41. The van der Waals surface area contributed by atoms with Gasteiger partial charge >= 0.3 is 6.03 Å². The van der Waals surface area contributed by atoms with E-state index in [2.05, 4.69) is 5.32 Å². The third-order valence-corrected chi connectivity index (χ3v) is 3.54. The second kappa shape index (κ2) is 6.78. The predicted molar refractivity (Wildman–Crippen MR) is 75.4 cm³/mol. The Bertz CT molecular complexity index is 422. The lowest BCUT2D eigenvalue weighted by Gasteiger charge is -2.30. The first-order valence-electron chi connectivity index (χ1n) is 6.60. The molecule has 1 unspecified atom stereocenters. The lowest BCUT2D eigenvalue weighted by atomic mass is 10.1. The minimum atomic E-state index is -0.379. The topological polar surface area (TPSA) is 52.6 Å². The van der Waals surface area contributed by atoms with E-state index in [1.165, 1.54) is 0 Å². The number of hydrogen-bond donors (Lipinski definition) is 2. The van der Waals surface area contributed by atoms with E-state index in [1.807, 2.05) is 24.3 Å². The van der Waals surface area contributed by atoms with Crippen LogP contribution < -0.4 is 5.32 Å². The number of piperidine rings is 1. The highest BCUT2D eigenvalue weighted by molar-refractivity contribution is 6.30. The third-order valence-electron chi connectivity index (χ3n) is 3.29. The van der Waals surface area contributed by atoms with E-state index >= 15 is 0 Å². The van der Waals surface area contributed by atoms with E-state index in [0.29, 0.717) is 13.1 Å². The van der Waals surface area contributed by atoms with Crippen molar-refractivity contribution in [3.63, 3.8) is 0 Å². The number of nitrogens with zero attached hydrogens (tertiary/aromatic N) is 1. The van der Waals surface area contributed by atoms with Crippen LogP contribution in [0.5, 0.6) is 0 Å². The average molecular weight is 283 g/mol. The van der Waals surface area contributed by atoms with Gasteiger partial charge in [0.15, 0.2) is 0 Å². The van der Waals surface area contributed by atoms with Gasteiger partial charge in [0, 0.05) is 24.7 Å². The quantitative estimate of drug-likeness (QED) is 0.891. The second-order valence-corrected chi connectivity index (χ2v) is 5.29. The van der Waals surface area contributed by atoms with Crippen molar-refractivity contribution in [2.45, 2.75) is 25.4 Å². The molecule has 1 aliphatic rings. The number of aliphatic hydroxyl groups is 1. The number of amides is 2. The summed E-state index contributed by atoms with van der Waals surface area (Å²) in [5, 5.41) is 13.1. The molecule has 0 aliphatic carbocycles. The molecule has 1 atom stereocenters. The number of rotatable bonds is 3. The number of carbonyl (C=O) groups excluding carboxylic acids is 1. The van der Waals surface area contributed by atoms with Crippen LogP contribution in [0.2, 0.25) is 5.02 Å². The molecule has 4 nitrogen and oxygen atoms in total. The van der Waals surface area contributed by atoms with Crippen molar-refractivity contribution < 1.29 is 9.90 Å². The van der Waals surface area contributed by atoms with Gasteiger partial charge in [-0.2, -0.15) is 0 Å². The molecule has 0 spiro atoms. The van der Waals surface area contributed by atoms with Crippen LogP contribution >= 0.6 is 11.6 Å². The van der Waals surface area contributed by atoms with Crippen LogP contribution in [-0.4, -0.2) is 41.8 Å². The van der Waals surface area contributed by atoms with Crippen LogP contribution in [0.25, 0.3) is 0 Å². The van der Waals surface area contributed by atoms with E-state index in [9.17, 15) is 9.90 Å². The Hall–Kier alpha value is -1.26. The summed E-state index contributed by atoms with van der Waals surface area (Å²) >= 11 is 5.81. The Labute approximate surface area is 118 Å². The highest BCUT2D eigenvalue weighted by atomic mass is 35.5. The van der Waals surface area contributed by atoms with Gasteiger partial charge in [-0.25, -0.2) is 4.79 Å². The number of likely N-dealkylation sites (tertiary alicyclic amines) is 1. The first kappa shape index (κ1) is 14.2. The number of β-amino-alcohol motifs (C(OH)–C–C–N with tert-alkyl or cyclic N) is 1. The fourth-order valence-electron chi connectivity index (χ4n) is 2.22. The number of aliphatic hydroxyl groups excluding tert-OH is 1. The zero-order valence-electron chi connectivity index (χ0n) is 10.8. The normalized spacial score (nSPS) is 19.3. The minimum absolute atomic E-state index is 0.0901. The lowest BCUT2D eigenvalue weighted by Crippen LogP contribution is -2.47. The molecule has 2 N–H and O–H groups in total. The van der Waals surface area contributed by atoms with Gasteiger partial charge in [-0.15, -0.1) is 0 Å². The maximum absolute atomic E-state index is 11.9. The molecule has 2 amide bonds. The molecule has 2 rings (SSSR count). The first-order chi connectivity index (χ1) is 9.15. The smallest absolute Gasteiger partial charge is 0.317 e. The number of halogens is 1. The SMILES string of the molecule is O=C(NCCc1ccc(Cl)cc1)N1CCCC(O)C1. The largest absolute Gasteiger partial charge is 0.391 e. The number of hydrogen-bond acceptors (Lipinski definition) is 2. The predicted octanol–water partition coefficient (Wildman–Crippen LogP) is 2.05. The number of benzene rings is 1. The molecule has 5 heteroatoms. The molecule has 1 saturated heterocycles. The van der Waals surface area contributed by atoms with Gasteiger partial charge < -0.3 is 15.3 Å². The van der Waals surface area contributed by atoms with E-state index in [0.717, 1.165) is 36.4 Å². The number of nitrogens with one attached hydrogen (secondary N) is 1. The van der Waals surface area contributed by atoms with Gasteiger partial charge in [0.05, 0.1) is 6.10 Å². The van der Waals surface area contributed by atoms with Gasteiger partial charge in [0.1, 0.15) is 0 Å². The van der Waals surface area contributed by atoms with Gasteiger partial charge in [-0.3, -0.25) is 0 Å². The summed E-state index contributed by atoms with van der Waals surface area (Å²) in [7, 11) is 0. The van der Waals surface area contributed by atoms with Crippen LogP contribution in [0, 0.1) is 0 Å². The van der Waals surface area contributed by atoms with Gasteiger partial charge in [-0.05, 0) is 37.0 Å². The Balaban J connectivity index is 1.73. The van der Waals surface area contributed by atoms with Crippen LogP contribution in [0.4, 0.5) is 4.79 Å². The monoisotopic (exact) mass is 282 g/mol. The highest BCUT2D eigenvalue weighted by Gasteiger charge is 2.21. The molecule has 0 saturated carbocycles. The zero-order chi connectivity index (χ0) is 13.7. The van der Waals surface area contributed by atoms with Crippen molar-refractivity contribution in [3.8, 4) is 0 Å². The fraction of sp³-hybridized carbons (Fsp3) is 0.500. The molecule has 1 fully saturated rings. The Morgan fingerprint density at radius 3 is 2.84 bits per heavy atom. The molecule has 104 valence electrons. The Morgan fingerprint density at radius 1 is 1.42 bits per heavy atom. The molecule has 19 heavy (non-hydrogen) atoms. The molecule has 1 heterocycles. The van der Waals surface area contributed by atoms with Crippen molar-refractivity contribution >= 4 is 17.6 Å². The standard InChI is InChI=1S/C14H19ClN2O2/c15-12-5-3-11(4-6-12)7-8-16-14(19)17-9-1-2-13(18)10-17/h3-6,13,18H,1-2,7-10H2,(H,16,19). The summed E-state index contributed by atoms with van der Waals surface area (Å²) in [5.41, 5.74) is 1.14. The molecule has 1 aromatic carbocycles. The summed E-state index contributed by atoms with van der Waals surface area (Å²) in [4.78, 5) is 13.5. The molecule has 1 aromatic rings. The van der Waals surface area contributed by atoms with Crippen LogP contribution in [0.15, 0.2) is 24.3 Å². The van der Waals surface area contributed by atoms with Crippen LogP contribution in [0.1, 0.15) is 18.4 Å². The van der Waals surface area contributed by atoms with Crippen molar-refractivity contribution in [2.24, 2.45) is 0 Å². The highest BCUT2D eigenvalue weighted by Crippen LogP contribution is 2.11. The maximum Gasteiger partial charge on any atom is 0.317 e. The van der Waals surface area contributed by atoms with Crippen molar-refractivity contribution in [2.75, 3.05) is 19.6 Å². The summed E-state index contributed by atoms with van der Waals surface area (Å²) in [6, 6.07) is 7.52. The van der Waals surface area contributed by atoms with Crippen molar-refractivity contribution in [1.29, 1.82) is 0 Å². The van der Waals surface area contributed by atoms with E-state index < -0.39 is 0 Å². The number of carbonyl (C=O) groups is 1. The van der Waals surface area contributed by atoms with Gasteiger partial charge in [0.25, 0.3) is 0 Å². The molecular weight excluding hydrogens is 264 g/mol. The van der Waals surface area contributed by atoms with Gasteiger partial charge in [-0.1, -0.05) is 23.7 Å². The summed E-state index contributed by atoms with van der Waals surface area (Å²) in [5.74, 6) is 0. The molecule has 1 aliphatic heterocycles. The van der Waals surface area contributed by atoms with Crippen molar-refractivity contribution in [3.05, 3.63) is 34.9 Å². The van der Waals surface area contributed by atoms with Crippen LogP contribution in [-0.2, 0) is 6.42 Å².